The molecule has 0 saturated heterocycles. The molecule has 186 valence electrons. The second-order valence-electron chi connectivity index (χ2n) is 8.89. The van der Waals surface area contributed by atoms with Gasteiger partial charge in [0.2, 0.25) is 5.91 Å². The van der Waals surface area contributed by atoms with Crippen molar-refractivity contribution in [3.8, 4) is 0 Å². The van der Waals surface area contributed by atoms with Gasteiger partial charge < -0.3 is 5.32 Å². The van der Waals surface area contributed by atoms with E-state index in [2.05, 4.69) is 42.9 Å². The first-order valence-electron chi connectivity index (χ1n) is 11.5. The van der Waals surface area contributed by atoms with Crippen LogP contribution in [0, 0.1) is 17.0 Å². The number of thioether (sulfide) groups is 1. The molecule has 3 rings (SSSR count). The van der Waals surface area contributed by atoms with Crippen molar-refractivity contribution in [3.63, 3.8) is 0 Å². The number of benzene rings is 2. The maximum Gasteiger partial charge on any atom is 0.271 e. The summed E-state index contributed by atoms with van der Waals surface area (Å²) in [7, 11) is 0. The van der Waals surface area contributed by atoms with E-state index in [0.29, 0.717) is 46.9 Å². The van der Waals surface area contributed by atoms with E-state index >= 15 is 0 Å². The van der Waals surface area contributed by atoms with Gasteiger partial charge in [0.1, 0.15) is 0 Å². The molecule has 0 radical (unpaired) electrons. The number of hydrogen-bond donors (Lipinski definition) is 1. The SMILES string of the molecule is Cc1ccc([N+](=O)[O-])cc1NC(=O)CSc1nc2ccccc2c(=O)n1CCN(C(C)C)C(C)C. The molecule has 0 atom stereocenters. The summed E-state index contributed by atoms with van der Waals surface area (Å²) in [6.07, 6.45) is 0. The summed E-state index contributed by atoms with van der Waals surface area (Å²) >= 11 is 1.18. The monoisotopic (exact) mass is 497 g/mol. The molecule has 1 heterocycles. The van der Waals surface area contributed by atoms with Gasteiger partial charge in [-0.3, -0.25) is 29.2 Å². The minimum atomic E-state index is -0.501. The molecule has 0 aliphatic rings. The third kappa shape index (κ3) is 6.46. The van der Waals surface area contributed by atoms with Crippen LogP contribution in [0.3, 0.4) is 0 Å². The van der Waals surface area contributed by atoms with Crippen molar-refractivity contribution in [1.29, 1.82) is 0 Å². The van der Waals surface area contributed by atoms with Crippen LogP contribution in [0.5, 0.6) is 0 Å². The molecule has 0 aliphatic heterocycles. The van der Waals surface area contributed by atoms with Crippen LogP contribution in [0.15, 0.2) is 52.4 Å². The van der Waals surface area contributed by atoms with Gasteiger partial charge in [0.25, 0.3) is 11.2 Å². The van der Waals surface area contributed by atoms with E-state index in [-0.39, 0.29) is 22.9 Å². The third-order valence-electron chi connectivity index (χ3n) is 5.77. The molecule has 0 unspecified atom stereocenters. The number of anilines is 1. The number of nitrogens with zero attached hydrogens (tertiary/aromatic N) is 4. The molecular formula is C25H31N5O4S. The largest absolute Gasteiger partial charge is 0.325 e. The normalized spacial score (nSPS) is 11.5. The predicted molar refractivity (Wildman–Crippen MR) is 140 cm³/mol. The molecule has 0 bridgehead atoms. The van der Waals surface area contributed by atoms with Crippen LogP contribution in [0.2, 0.25) is 0 Å². The van der Waals surface area contributed by atoms with Crippen molar-refractivity contribution < 1.29 is 9.72 Å². The fourth-order valence-corrected chi connectivity index (χ4v) is 4.78. The number of nitro groups is 1. The van der Waals surface area contributed by atoms with E-state index in [0.717, 1.165) is 5.56 Å². The first-order valence-corrected chi connectivity index (χ1v) is 12.5. The summed E-state index contributed by atoms with van der Waals surface area (Å²) in [5.41, 5.74) is 1.45. The minimum Gasteiger partial charge on any atom is -0.325 e. The number of hydrogen-bond acceptors (Lipinski definition) is 7. The second kappa shape index (κ2) is 11.5. The average molecular weight is 498 g/mol. The molecule has 0 aliphatic carbocycles. The predicted octanol–water partition coefficient (Wildman–Crippen LogP) is 4.46. The van der Waals surface area contributed by atoms with Crippen molar-refractivity contribution in [2.45, 2.75) is 58.4 Å². The summed E-state index contributed by atoms with van der Waals surface area (Å²) in [5, 5.41) is 14.8. The van der Waals surface area contributed by atoms with E-state index < -0.39 is 4.92 Å². The van der Waals surface area contributed by atoms with Crippen LogP contribution in [0.4, 0.5) is 11.4 Å². The van der Waals surface area contributed by atoms with E-state index in [9.17, 15) is 19.7 Å². The molecular weight excluding hydrogens is 466 g/mol. The van der Waals surface area contributed by atoms with E-state index in [1.807, 2.05) is 12.1 Å². The van der Waals surface area contributed by atoms with Gasteiger partial charge in [0.05, 0.1) is 27.3 Å². The summed E-state index contributed by atoms with van der Waals surface area (Å²) in [5.74, 6) is -0.330. The zero-order chi connectivity index (χ0) is 25.7. The summed E-state index contributed by atoms with van der Waals surface area (Å²) in [4.78, 5) is 43.6. The highest BCUT2D eigenvalue weighted by Crippen LogP contribution is 2.23. The average Bonchev–Trinajstić information content (AvgIpc) is 2.80. The number of nitrogens with one attached hydrogen (secondary N) is 1. The third-order valence-corrected chi connectivity index (χ3v) is 6.75. The van der Waals surface area contributed by atoms with Crippen LogP contribution < -0.4 is 10.9 Å². The zero-order valence-electron chi connectivity index (χ0n) is 20.6. The van der Waals surface area contributed by atoms with Gasteiger partial charge in [-0.2, -0.15) is 0 Å². The molecule has 35 heavy (non-hydrogen) atoms. The Labute approximate surface area is 208 Å². The Hall–Kier alpha value is -3.24. The molecule has 9 nitrogen and oxygen atoms in total. The van der Waals surface area contributed by atoms with Gasteiger partial charge in [-0.15, -0.1) is 0 Å². The molecule has 0 saturated carbocycles. The summed E-state index contributed by atoms with van der Waals surface area (Å²) in [6.45, 7) is 11.4. The van der Waals surface area contributed by atoms with Crippen molar-refractivity contribution >= 4 is 39.9 Å². The van der Waals surface area contributed by atoms with Crippen LogP contribution in [-0.2, 0) is 11.3 Å². The number of rotatable bonds is 10. The lowest BCUT2D eigenvalue weighted by Gasteiger charge is -2.30. The summed E-state index contributed by atoms with van der Waals surface area (Å²) < 4.78 is 1.64. The molecule has 2 aromatic carbocycles. The van der Waals surface area contributed by atoms with Gasteiger partial charge in [-0.25, -0.2) is 4.98 Å². The number of carbonyl (C=O) groups is 1. The van der Waals surface area contributed by atoms with Gasteiger partial charge >= 0.3 is 0 Å². The molecule has 1 aromatic heterocycles. The van der Waals surface area contributed by atoms with Crippen LogP contribution in [0.1, 0.15) is 33.3 Å². The fourth-order valence-electron chi connectivity index (χ4n) is 3.96. The van der Waals surface area contributed by atoms with Crippen LogP contribution in [-0.4, -0.2) is 49.7 Å². The van der Waals surface area contributed by atoms with Crippen molar-refractivity contribution in [2.75, 3.05) is 17.6 Å². The van der Waals surface area contributed by atoms with E-state index in [1.165, 1.54) is 23.9 Å². The highest BCUT2D eigenvalue weighted by molar-refractivity contribution is 7.99. The number of aromatic nitrogens is 2. The van der Waals surface area contributed by atoms with Crippen LogP contribution in [0.25, 0.3) is 10.9 Å². The quantitative estimate of drug-likeness (QED) is 0.190. The smallest absolute Gasteiger partial charge is 0.271 e. The molecule has 10 heteroatoms. The van der Waals surface area contributed by atoms with E-state index in [1.54, 1.807) is 29.7 Å². The van der Waals surface area contributed by atoms with E-state index in [4.69, 9.17) is 0 Å². The Morgan fingerprint density at radius 1 is 1.17 bits per heavy atom. The van der Waals surface area contributed by atoms with Crippen molar-refractivity contribution in [1.82, 2.24) is 14.5 Å². The number of non-ortho nitro benzene ring substituents is 1. The molecule has 0 spiro atoms. The van der Waals surface area contributed by atoms with Crippen molar-refractivity contribution in [3.05, 3.63) is 68.5 Å². The Morgan fingerprint density at radius 2 is 1.86 bits per heavy atom. The highest BCUT2D eigenvalue weighted by atomic mass is 32.2. The first kappa shape index (κ1) is 26.4. The number of amides is 1. The second-order valence-corrected chi connectivity index (χ2v) is 9.83. The molecule has 1 N–H and O–H groups in total. The Balaban J connectivity index is 1.84. The number of para-hydroxylation sites is 1. The van der Waals surface area contributed by atoms with Gasteiger partial charge in [-0.1, -0.05) is 30.0 Å². The molecule has 3 aromatic rings. The minimum absolute atomic E-state index is 0.00495. The fraction of sp³-hybridized carbons (Fsp3) is 0.400. The summed E-state index contributed by atoms with van der Waals surface area (Å²) in [6, 6.07) is 12.2. The maximum absolute atomic E-state index is 13.3. The number of carbonyl (C=O) groups excluding carboxylic acids is 1. The standard InChI is InChI=1S/C25H31N5O4S/c1-16(2)28(17(3)4)12-13-29-24(32)20-8-6-7-9-21(20)27-25(29)35-15-23(31)26-22-14-19(30(33)34)11-10-18(22)5/h6-11,14,16-17H,12-13,15H2,1-5H3,(H,26,31). The first-order chi connectivity index (χ1) is 16.6. The zero-order valence-corrected chi connectivity index (χ0v) is 21.5. The van der Waals surface area contributed by atoms with Crippen LogP contribution >= 0.6 is 11.8 Å². The lowest BCUT2D eigenvalue weighted by atomic mass is 10.2. The number of fused-ring (bicyclic) bond motifs is 1. The molecule has 1 amide bonds. The van der Waals surface area contributed by atoms with Gasteiger partial charge in [-0.05, 0) is 52.3 Å². The number of nitro benzene ring substituents is 1. The maximum atomic E-state index is 13.3. The Bertz CT molecular complexity index is 1280. The lowest BCUT2D eigenvalue weighted by Crippen LogP contribution is -2.40. The van der Waals surface area contributed by atoms with Gasteiger partial charge in [0.15, 0.2) is 5.16 Å². The number of aryl methyl sites for hydroxylation is 1. The molecule has 0 fully saturated rings. The topological polar surface area (TPSA) is 110 Å². The van der Waals surface area contributed by atoms with Gasteiger partial charge in [0, 0.05) is 37.3 Å². The van der Waals surface area contributed by atoms with Crippen molar-refractivity contribution in [2.24, 2.45) is 0 Å². The Kier molecular flexibility index (Phi) is 8.63. The Morgan fingerprint density at radius 3 is 2.51 bits per heavy atom. The lowest BCUT2D eigenvalue weighted by molar-refractivity contribution is -0.384. The highest BCUT2D eigenvalue weighted by Gasteiger charge is 2.18.